The maximum absolute atomic E-state index is 5.67. The van der Waals surface area contributed by atoms with E-state index in [0.717, 1.165) is 19.3 Å². The van der Waals surface area contributed by atoms with Gasteiger partial charge in [0.15, 0.2) is 0 Å². The average molecular weight is 156 g/mol. The number of rotatable bonds is 2. The van der Waals surface area contributed by atoms with Gasteiger partial charge in [0.05, 0.1) is 12.7 Å². The van der Waals surface area contributed by atoms with Gasteiger partial charge in [-0.25, -0.2) is 0 Å². The molecule has 0 aromatic carbocycles. The van der Waals surface area contributed by atoms with E-state index in [1.807, 2.05) is 6.21 Å². The second kappa shape index (κ2) is 4.46. The summed E-state index contributed by atoms with van der Waals surface area (Å²) in [7, 11) is 1.79. The average Bonchev–Trinajstić information content (AvgIpc) is 2.04. The van der Waals surface area contributed by atoms with Crippen molar-refractivity contribution in [3.05, 3.63) is 0 Å². The van der Waals surface area contributed by atoms with Crippen LogP contribution in [0.2, 0.25) is 0 Å². The molecule has 0 aliphatic carbocycles. The lowest BCUT2D eigenvalue weighted by Gasteiger charge is -2.25. The fourth-order valence-electron chi connectivity index (χ4n) is 1.24. The highest BCUT2D eigenvalue weighted by molar-refractivity contribution is 5.57. The molecule has 0 saturated carbocycles. The van der Waals surface area contributed by atoms with E-state index in [9.17, 15) is 0 Å². The number of nitrogens with zero attached hydrogens (tertiary/aromatic N) is 1. The highest BCUT2D eigenvalue weighted by atomic mass is 16.5. The lowest BCUT2D eigenvalue weighted by atomic mass is 10.0. The van der Waals surface area contributed by atoms with Crippen LogP contribution in [0.5, 0.6) is 0 Å². The zero-order chi connectivity index (χ0) is 8.10. The van der Waals surface area contributed by atoms with Gasteiger partial charge in [-0.3, -0.25) is 0 Å². The number of nitrogens with two attached hydrogens (primary N) is 1. The van der Waals surface area contributed by atoms with Crippen molar-refractivity contribution in [1.29, 1.82) is 0 Å². The Labute approximate surface area is 67.6 Å². The molecule has 3 heteroatoms. The van der Waals surface area contributed by atoms with Gasteiger partial charge in [-0.05, 0) is 12.8 Å². The first-order valence-corrected chi connectivity index (χ1v) is 4.10. The summed E-state index contributed by atoms with van der Waals surface area (Å²) in [6.07, 6.45) is 5.36. The quantitative estimate of drug-likeness (QED) is 0.595. The van der Waals surface area contributed by atoms with Crippen LogP contribution in [0.1, 0.15) is 19.3 Å². The Morgan fingerprint density at radius 3 is 3.00 bits per heavy atom. The van der Waals surface area contributed by atoms with E-state index in [2.05, 4.69) is 4.99 Å². The van der Waals surface area contributed by atoms with Gasteiger partial charge in [0.25, 0.3) is 0 Å². The molecule has 1 saturated heterocycles. The van der Waals surface area contributed by atoms with Gasteiger partial charge in [-0.2, -0.15) is 0 Å². The minimum Gasteiger partial charge on any atom is -0.376 e. The predicted molar refractivity (Wildman–Crippen MR) is 46.0 cm³/mol. The van der Waals surface area contributed by atoms with Gasteiger partial charge in [0.2, 0.25) is 0 Å². The summed E-state index contributed by atoms with van der Waals surface area (Å²) in [6, 6.07) is 0.254. The van der Waals surface area contributed by atoms with Crippen molar-refractivity contribution >= 4 is 6.21 Å². The molecule has 0 aromatic rings. The van der Waals surface area contributed by atoms with Gasteiger partial charge in [-0.15, -0.1) is 0 Å². The Bertz CT molecular complexity index is 128. The minimum atomic E-state index is 0.254. The zero-order valence-electron chi connectivity index (χ0n) is 6.99. The monoisotopic (exact) mass is 156 g/mol. The fraction of sp³-hybridized carbons (Fsp3) is 0.875. The van der Waals surface area contributed by atoms with Gasteiger partial charge < -0.3 is 15.5 Å². The van der Waals surface area contributed by atoms with E-state index >= 15 is 0 Å². The molecule has 1 heterocycles. The van der Waals surface area contributed by atoms with Crippen LogP contribution in [0, 0.1) is 0 Å². The third kappa shape index (κ3) is 2.99. The Balaban J connectivity index is 2.17. The van der Waals surface area contributed by atoms with Gasteiger partial charge in [0, 0.05) is 25.7 Å². The second-order valence-electron chi connectivity index (χ2n) is 2.97. The SMILES string of the molecule is C/N=C\CC1CC[C@H](N)CO1. The van der Waals surface area contributed by atoms with E-state index in [1.165, 1.54) is 0 Å². The molecule has 2 atom stereocenters. The van der Waals surface area contributed by atoms with Gasteiger partial charge in [-0.1, -0.05) is 0 Å². The highest BCUT2D eigenvalue weighted by Crippen LogP contribution is 2.13. The molecule has 0 radical (unpaired) electrons. The van der Waals surface area contributed by atoms with Crippen molar-refractivity contribution in [1.82, 2.24) is 0 Å². The van der Waals surface area contributed by atoms with Crippen molar-refractivity contribution in [2.45, 2.75) is 31.4 Å². The first-order valence-electron chi connectivity index (χ1n) is 4.10. The summed E-state index contributed by atoms with van der Waals surface area (Å²) in [5, 5.41) is 0. The molecule has 0 spiro atoms. The van der Waals surface area contributed by atoms with Crippen molar-refractivity contribution in [3.63, 3.8) is 0 Å². The van der Waals surface area contributed by atoms with Crippen LogP contribution in [0.3, 0.4) is 0 Å². The van der Waals surface area contributed by atoms with Crippen LogP contribution in [-0.2, 0) is 4.74 Å². The topological polar surface area (TPSA) is 47.6 Å². The van der Waals surface area contributed by atoms with Crippen molar-refractivity contribution in [3.8, 4) is 0 Å². The molecule has 0 bridgehead atoms. The van der Waals surface area contributed by atoms with E-state index in [4.69, 9.17) is 10.5 Å². The first kappa shape index (κ1) is 8.68. The summed E-state index contributed by atoms with van der Waals surface area (Å²) in [5.74, 6) is 0. The fourth-order valence-corrected chi connectivity index (χ4v) is 1.24. The van der Waals surface area contributed by atoms with Crippen LogP contribution in [0.25, 0.3) is 0 Å². The third-order valence-electron chi connectivity index (χ3n) is 1.96. The summed E-state index contributed by atoms with van der Waals surface area (Å²) < 4.78 is 5.48. The maximum Gasteiger partial charge on any atom is 0.0625 e. The Morgan fingerprint density at radius 1 is 1.64 bits per heavy atom. The first-order chi connectivity index (χ1) is 5.33. The molecule has 0 amide bonds. The third-order valence-corrected chi connectivity index (χ3v) is 1.96. The lowest BCUT2D eigenvalue weighted by molar-refractivity contribution is 0.0107. The van der Waals surface area contributed by atoms with Crippen LogP contribution < -0.4 is 5.73 Å². The number of hydrogen-bond acceptors (Lipinski definition) is 3. The van der Waals surface area contributed by atoms with Gasteiger partial charge in [0.1, 0.15) is 0 Å². The summed E-state index contributed by atoms with van der Waals surface area (Å²) >= 11 is 0. The van der Waals surface area contributed by atoms with E-state index in [1.54, 1.807) is 7.05 Å². The van der Waals surface area contributed by atoms with Crippen LogP contribution in [0.15, 0.2) is 4.99 Å². The highest BCUT2D eigenvalue weighted by Gasteiger charge is 2.17. The molecule has 2 N–H and O–H groups in total. The minimum absolute atomic E-state index is 0.254. The summed E-state index contributed by atoms with van der Waals surface area (Å²) in [4.78, 5) is 3.91. The lowest BCUT2D eigenvalue weighted by Crippen LogP contribution is -2.35. The Morgan fingerprint density at radius 2 is 2.45 bits per heavy atom. The molecule has 3 nitrogen and oxygen atoms in total. The molecule has 1 aliphatic heterocycles. The molecule has 1 unspecified atom stereocenters. The summed E-state index contributed by atoms with van der Waals surface area (Å²) in [5.41, 5.74) is 5.67. The number of aliphatic imine (C=N–C) groups is 1. The second-order valence-corrected chi connectivity index (χ2v) is 2.97. The zero-order valence-corrected chi connectivity index (χ0v) is 6.99. The van der Waals surface area contributed by atoms with E-state index < -0.39 is 0 Å². The maximum atomic E-state index is 5.67. The largest absolute Gasteiger partial charge is 0.376 e. The Kier molecular flexibility index (Phi) is 3.52. The van der Waals surface area contributed by atoms with E-state index in [-0.39, 0.29) is 6.04 Å². The molecule has 0 aromatic heterocycles. The summed E-state index contributed by atoms with van der Waals surface area (Å²) in [6.45, 7) is 0.711. The molecule has 1 rings (SSSR count). The molecular weight excluding hydrogens is 140 g/mol. The van der Waals surface area contributed by atoms with Gasteiger partial charge >= 0.3 is 0 Å². The predicted octanol–water partition coefficient (Wildman–Crippen LogP) is 0.583. The Hall–Kier alpha value is -0.410. The molecule has 1 aliphatic rings. The standard InChI is InChI=1S/C8H16N2O/c1-10-5-4-8-3-2-7(9)6-11-8/h5,7-8H,2-4,6,9H2,1H3/b10-5-/t7-,8?/m0/s1. The van der Waals surface area contributed by atoms with Crippen LogP contribution >= 0.6 is 0 Å². The molecular formula is C8H16N2O. The molecule has 1 fully saturated rings. The number of ether oxygens (including phenoxy) is 1. The van der Waals surface area contributed by atoms with E-state index in [0.29, 0.717) is 12.7 Å². The van der Waals surface area contributed by atoms with Crippen LogP contribution in [-0.4, -0.2) is 32.0 Å². The van der Waals surface area contributed by atoms with Crippen molar-refractivity contribution in [2.75, 3.05) is 13.7 Å². The van der Waals surface area contributed by atoms with Crippen LogP contribution in [0.4, 0.5) is 0 Å². The molecule has 11 heavy (non-hydrogen) atoms. The normalized spacial score (nSPS) is 32.9. The number of hydrogen-bond donors (Lipinski definition) is 1. The molecule has 64 valence electrons. The van der Waals surface area contributed by atoms with Crippen molar-refractivity contribution in [2.24, 2.45) is 10.7 Å². The smallest absolute Gasteiger partial charge is 0.0625 e. The van der Waals surface area contributed by atoms with Crippen molar-refractivity contribution < 1.29 is 4.74 Å².